The van der Waals surface area contributed by atoms with Crippen LogP contribution in [0.3, 0.4) is 0 Å². The fourth-order valence-corrected chi connectivity index (χ4v) is 5.42. The van der Waals surface area contributed by atoms with Crippen LogP contribution in [-0.2, 0) is 14.8 Å². The first-order valence-electron chi connectivity index (χ1n) is 10.7. The number of benzene rings is 1. The molecule has 0 saturated carbocycles. The van der Waals surface area contributed by atoms with Crippen molar-refractivity contribution in [1.29, 1.82) is 0 Å². The molecule has 30 heavy (non-hydrogen) atoms. The second-order valence-electron chi connectivity index (χ2n) is 8.22. The smallest absolute Gasteiger partial charge is 0.320 e. The van der Waals surface area contributed by atoms with Gasteiger partial charge >= 0.3 is 6.03 Å². The molecule has 0 aliphatic carbocycles. The van der Waals surface area contributed by atoms with Gasteiger partial charge in [0.25, 0.3) is 0 Å². The van der Waals surface area contributed by atoms with Crippen LogP contribution in [0.4, 0.5) is 4.79 Å². The number of hydrogen-bond donors (Lipinski definition) is 2. The predicted molar refractivity (Wildman–Crippen MR) is 115 cm³/mol. The number of urea groups is 1. The van der Waals surface area contributed by atoms with E-state index in [1.807, 2.05) is 17.9 Å². The summed E-state index contributed by atoms with van der Waals surface area (Å²) in [5.74, 6) is -0.374. The Hall–Kier alpha value is -2.13. The van der Waals surface area contributed by atoms with Crippen molar-refractivity contribution in [2.45, 2.75) is 44.4 Å². The van der Waals surface area contributed by atoms with E-state index in [4.69, 9.17) is 0 Å². The first kappa shape index (κ1) is 22.6. The number of carbonyl (C=O) groups excluding carboxylic acids is 2. The number of nitrogens with zero attached hydrogens (tertiary/aromatic N) is 2. The van der Waals surface area contributed by atoms with Crippen molar-refractivity contribution in [2.24, 2.45) is 5.92 Å². The number of piperidine rings is 1. The summed E-state index contributed by atoms with van der Waals surface area (Å²) in [7, 11) is -3.63. The van der Waals surface area contributed by atoms with Crippen LogP contribution in [0.15, 0.2) is 23.1 Å². The number of hydrogen-bond acceptors (Lipinski definition) is 4. The molecule has 2 fully saturated rings. The number of aryl methyl sites for hydroxylation is 2. The maximum atomic E-state index is 12.6. The van der Waals surface area contributed by atoms with Gasteiger partial charge in [-0.25, -0.2) is 17.9 Å². The van der Waals surface area contributed by atoms with E-state index in [0.717, 1.165) is 44.3 Å². The zero-order chi connectivity index (χ0) is 21.7. The molecule has 2 saturated heterocycles. The molecule has 3 amide bonds. The molecule has 0 radical (unpaired) electrons. The highest BCUT2D eigenvalue weighted by atomic mass is 32.2. The molecule has 0 spiro atoms. The van der Waals surface area contributed by atoms with Crippen molar-refractivity contribution in [3.63, 3.8) is 0 Å². The molecule has 0 bridgehead atoms. The number of likely N-dealkylation sites (tertiary alicyclic amines) is 2. The fourth-order valence-electron chi connectivity index (χ4n) is 4.06. The first-order chi connectivity index (χ1) is 14.3. The molecule has 2 heterocycles. The first-order valence-corrected chi connectivity index (χ1v) is 12.1. The van der Waals surface area contributed by atoms with Crippen molar-refractivity contribution in [2.75, 3.05) is 39.3 Å². The van der Waals surface area contributed by atoms with Gasteiger partial charge in [0, 0.05) is 39.3 Å². The van der Waals surface area contributed by atoms with Gasteiger partial charge in [-0.2, -0.15) is 0 Å². The SMILES string of the molecule is Cc1ccc(C)c(S(=O)(=O)NCCNC(=O)C2CCCN(C(=O)N3CCCC3)C2)c1. The van der Waals surface area contributed by atoms with Crippen LogP contribution in [0.2, 0.25) is 0 Å². The number of sulfonamides is 1. The second-order valence-corrected chi connectivity index (χ2v) is 9.96. The van der Waals surface area contributed by atoms with E-state index in [1.54, 1.807) is 24.0 Å². The van der Waals surface area contributed by atoms with E-state index in [9.17, 15) is 18.0 Å². The van der Waals surface area contributed by atoms with E-state index in [-0.39, 0.29) is 35.8 Å². The van der Waals surface area contributed by atoms with E-state index >= 15 is 0 Å². The van der Waals surface area contributed by atoms with Crippen LogP contribution in [0.1, 0.15) is 36.8 Å². The highest BCUT2D eigenvalue weighted by Gasteiger charge is 2.31. The number of amides is 3. The highest BCUT2D eigenvalue weighted by Crippen LogP contribution is 2.20. The van der Waals surface area contributed by atoms with Gasteiger partial charge < -0.3 is 15.1 Å². The molecule has 9 heteroatoms. The van der Waals surface area contributed by atoms with E-state index in [0.29, 0.717) is 18.7 Å². The van der Waals surface area contributed by atoms with Crippen LogP contribution in [0.5, 0.6) is 0 Å². The summed E-state index contributed by atoms with van der Waals surface area (Å²) in [6.07, 6.45) is 3.63. The van der Waals surface area contributed by atoms with Gasteiger partial charge in [-0.3, -0.25) is 4.79 Å². The lowest BCUT2D eigenvalue weighted by Gasteiger charge is -2.34. The Bertz CT molecular complexity index is 881. The lowest BCUT2D eigenvalue weighted by Crippen LogP contribution is -2.50. The van der Waals surface area contributed by atoms with Crippen molar-refractivity contribution in [1.82, 2.24) is 19.8 Å². The van der Waals surface area contributed by atoms with Gasteiger partial charge in [-0.15, -0.1) is 0 Å². The zero-order valence-electron chi connectivity index (χ0n) is 17.8. The minimum atomic E-state index is -3.63. The summed E-state index contributed by atoms with van der Waals surface area (Å²) in [6.45, 7) is 6.64. The molecule has 2 aliphatic heterocycles. The van der Waals surface area contributed by atoms with Gasteiger partial charge in [-0.1, -0.05) is 12.1 Å². The number of rotatable bonds is 6. The Labute approximate surface area is 179 Å². The fraction of sp³-hybridized carbons (Fsp3) is 0.619. The van der Waals surface area contributed by atoms with Gasteiger partial charge in [-0.05, 0) is 56.7 Å². The minimum Gasteiger partial charge on any atom is -0.354 e. The molecule has 8 nitrogen and oxygen atoms in total. The van der Waals surface area contributed by atoms with Crippen LogP contribution < -0.4 is 10.0 Å². The second kappa shape index (κ2) is 9.78. The summed E-state index contributed by atoms with van der Waals surface area (Å²) in [5.41, 5.74) is 1.56. The molecule has 1 atom stereocenters. The summed E-state index contributed by atoms with van der Waals surface area (Å²) >= 11 is 0. The molecule has 2 aliphatic rings. The van der Waals surface area contributed by atoms with Crippen molar-refractivity contribution < 1.29 is 18.0 Å². The standard InChI is InChI=1S/C21H32N4O4S/c1-16-7-8-17(2)19(14-16)30(28,29)23-10-9-22-20(26)18-6-5-13-25(15-18)21(27)24-11-3-4-12-24/h7-8,14,18,23H,3-6,9-13,15H2,1-2H3,(H,22,26). The predicted octanol–water partition coefficient (Wildman–Crippen LogP) is 1.63. The van der Waals surface area contributed by atoms with Gasteiger partial charge in [0.1, 0.15) is 0 Å². The topological polar surface area (TPSA) is 98.8 Å². The van der Waals surface area contributed by atoms with Gasteiger partial charge in [0.2, 0.25) is 15.9 Å². The van der Waals surface area contributed by atoms with Gasteiger partial charge in [0.15, 0.2) is 0 Å². The molecule has 166 valence electrons. The summed E-state index contributed by atoms with van der Waals surface area (Å²) in [5, 5.41) is 2.81. The molecule has 3 rings (SSSR count). The zero-order valence-corrected chi connectivity index (χ0v) is 18.6. The third-order valence-corrected chi connectivity index (χ3v) is 7.39. The van der Waals surface area contributed by atoms with Crippen LogP contribution in [0, 0.1) is 19.8 Å². The Balaban J connectivity index is 1.46. The average molecular weight is 437 g/mol. The molecule has 1 unspecified atom stereocenters. The monoisotopic (exact) mass is 436 g/mol. The quantitative estimate of drug-likeness (QED) is 0.662. The van der Waals surface area contributed by atoms with Crippen molar-refractivity contribution in [3.8, 4) is 0 Å². The number of carbonyl (C=O) groups is 2. The summed E-state index contributed by atoms with van der Waals surface area (Å²) in [6, 6.07) is 5.33. The molecule has 0 aromatic heterocycles. The molecular weight excluding hydrogens is 404 g/mol. The highest BCUT2D eigenvalue weighted by molar-refractivity contribution is 7.89. The molecular formula is C21H32N4O4S. The Morgan fingerprint density at radius 3 is 2.47 bits per heavy atom. The van der Waals surface area contributed by atoms with Gasteiger partial charge in [0.05, 0.1) is 10.8 Å². The summed E-state index contributed by atoms with van der Waals surface area (Å²) in [4.78, 5) is 29.0. The number of nitrogens with one attached hydrogen (secondary N) is 2. The van der Waals surface area contributed by atoms with Crippen LogP contribution >= 0.6 is 0 Å². The van der Waals surface area contributed by atoms with Crippen molar-refractivity contribution >= 4 is 22.0 Å². The van der Waals surface area contributed by atoms with E-state index < -0.39 is 10.0 Å². The lowest BCUT2D eigenvalue weighted by atomic mass is 9.97. The van der Waals surface area contributed by atoms with E-state index in [1.165, 1.54) is 0 Å². The Morgan fingerprint density at radius 2 is 1.73 bits per heavy atom. The van der Waals surface area contributed by atoms with Crippen molar-refractivity contribution in [3.05, 3.63) is 29.3 Å². The Kier molecular flexibility index (Phi) is 7.36. The van der Waals surface area contributed by atoms with Crippen LogP contribution in [0.25, 0.3) is 0 Å². The normalized spacial score (nSPS) is 19.7. The van der Waals surface area contributed by atoms with E-state index in [2.05, 4.69) is 10.0 Å². The maximum absolute atomic E-state index is 12.6. The summed E-state index contributed by atoms with van der Waals surface area (Å²) < 4.78 is 27.6. The molecule has 1 aromatic carbocycles. The molecule has 2 N–H and O–H groups in total. The maximum Gasteiger partial charge on any atom is 0.320 e. The molecule has 1 aromatic rings. The average Bonchev–Trinajstić information content (AvgIpc) is 3.27. The lowest BCUT2D eigenvalue weighted by molar-refractivity contribution is -0.126. The third kappa shape index (κ3) is 5.51. The third-order valence-electron chi connectivity index (χ3n) is 5.79. The minimum absolute atomic E-state index is 0.0336. The van der Waals surface area contributed by atoms with Crippen LogP contribution in [-0.4, -0.2) is 69.4 Å². The Morgan fingerprint density at radius 1 is 1.03 bits per heavy atom. The largest absolute Gasteiger partial charge is 0.354 e.